The van der Waals surface area contributed by atoms with Crippen LogP contribution >= 0.6 is 0 Å². The first-order chi connectivity index (χ1) is 15.8. The van der Waals surface area contributed by atoms with Crippen LogP contribution in [0.3, 0.4) is 0 Å². The third kappa shape index (κ3) is 4.36. The van der Waals surface area contributed by atoms with Gasteiger partial charge in [0, 0.05) is 56.2 Å². The molecule has 0 amide bonds. The van der Waals surface area contributed by atoms with Crippen molar-refractivity contribution in [1.82, 2.24) is 19.7 Å². The first-order valence-corrected chi connectivity index (χ1v) is 11.0. The lowest BCUT2D eigenvalue weighted by molar-refractivity contribution is 0.249. The van der Waals surface area contributed by atoms with E-state index >= 15 is 0 Å². The van der Waals surface area contributed by atoms with Crippen LogP contribution in [0.5, 0.6) is 5.75 Å². The summed E-state index contributed by atoms with van der Waals surface area (Å²) < 4.78 is 7.32. The summed E-state index contributed by atoms with van der Waals surface area (Å²) in [5.74, 6) is 1.91. The van der Waals surface area contributed by atoms with Crippen LogP contribution in [0.4, 0.5) is 5.82 Å². The summed E-state index contributed by atoms with van der Waals surface area (Å²) in [5, 5.41) is 4.96. The second kappa shape index (κ2) is 9.24. The van der Waals surface area contributed by atoms with Crippen molar-refractivity contribution in [2.45, 2.75) is 6.54 Å². The van der Waals surface area contributed by atoms with Gasteiger partial charge in [0.2, 0.25) is 0 Å². The second-order valence-corrected chi connectivity index (χ2v) is 7.96. The van der Waals surface area contributed by atoms with Crippen molar-refractivity contribution in [3.63, 3.8) is 0 Å². The predicted molar refractivity (Wildman–Crippen MR) is 127 cm³/mol. The zero-order valence-corrected chi connectivity index (χ0v) is 18.3. The number of nitrogens with zero attached hydrogens (tertiary/aromatic N) is 5. The van der Waals surface area contributed by atoms with Crippen molar-refractivity contribution in [2.75, 3.05) is 38.2 Å². The van der Waals surface area contributed by atoms with Gasteiger partial charge in [-0.05, 0) is 48.5 Å². The zero-order chi connectivity index (χ0) is 21.8. The fraction of sp³-hybridized carbons (Fsp3) is 0.231. The van der Waals surface area contributed by atoms with Gasteiger partial charge in [-0.3, -0.25) is 4.90 Å². The minimum Gasteiger partial charge on any atom is -0.497 e. The van der Waals surface area contributed by atoms with E-state index in [0.29, 0.717) is 0 Å². The Kier molecular flexibility index (Phi) is 5.85. The Bertz CT molecular complexity index is 1130. The highest BCUT2D eigenvalue weighted by atomic mass is 16.5. The third-order valence-corrected chi connectivity index (χ3v) is 5.91. The number of anilines is 1. The summed E-state index contributed by atoms with van der Waals surface area (Å²) in [6.07, 6.45) is 4.03. The number of rotatable bonds is 6. The number of ether oxygens (including phenoxy) is 1. The zero-order valence-electron chi connectivity index (χ0n) is 18.3. The molecule has 0 unspecified atom stereocenters. The first kappa shape index (κ1) is 20.3. The molecule has 0 aliphatic carbocycles. The van der Waals surface area contributed by atoms with Crippen molar-refractivity contribution in [3.05, 3.63) is 90.8 Å². The molecule has 2 aromatic carbocycles. The van der Waals surface area contributed by atoms with Crippen LogP contribution in [-0.2, 0) is 6.54 Å². The maximum atomic E-state index is 5.33. The lowest BCUT2D eigenvalue weighted by Crippen LogP contribution is -2.46. The van der Waals surface area contributed by atoms with Crippen molar-refractivity contribution in [2.24, 2.45) is 0 Å². The first-order valence-electron chi connectivity index (χ1n) is 11.0. The normalized spacial score (nSPS) is 14.5. The van der Waals surface area contributed by atoms with E-state index in [1.54, 1.807) is 7.11 Å². The average molecular weight is 426 g/mol. The van der Waals surface area contributed by atoms with E-state index in [-0.39, 0.29) is 0 Å². The fourth-order valence-corrected chi connectivity index (χ4v) is 4.15. The van der Waals surface area contributed by atoms with Crippen molar-refractivity contribution >= 4 is 5.82 Å². The molecule has 32 heavy (non-hydrogen) atoms. The Hall–Kier alpha value is -3.64. The van der Waals surface area contributed by atoms with Gasteiger partial charge in [0.15, 0.2) is 0 Å². The smallest absolute Gasteiger partial charge is 0.128 e. The monoisotopic (exact) mass is 425 g/mol. The van der Waals surface area contributed by atoms with Gasteiger partial charge in [-0.25, -0.2) is 9.67 Å². The van der Waals surface area contributed by atoms with E-state index < -0.39 is 0 Å². The van der Waals surface area contributed by atoms with E-state index in [0.717, 1.165) is 61.2 Å². The van der Waals surface area contributed by atoms with Gasteiger partial charge in [-0.2, -0.15) is 5.10 Å². The Balaban J connectivity index is 1.38. The average Bonchev–Trinajstić information content (AvgIpc) is 3.29. The molecule has 2 aromatic heterocycles. The number of piperazine rings is 1. The van der Waals surface area contributed by atoms with Crippen molar-refractivity contribution in [3.8, 4) is 22.7 Å². The van der Waals surface area contributed by atoms with Crippen LogP contribution in [0.2, 0.25) is 0 Å². The topological polar surface area (TPSA) is 46.4 Å². The van der Waals surface area contributed by atoms with Gasteiger partial charge in [0.1, 0.15) is 11.6 Å². The molecule has 0 saturated carbocycles. The van der Waals surface area contributed by atoms with Gasteiger partial charge in [-0.1, -0.05) is 24.3 Å². The maximum absolute atomic E-state index is 5.33. The molecular formula is C26H27N5O. The van der Waals surface area contributed by atoms with Crippen LogP contribution in [0.1, 0.15) is 5.56 Å². The van der Waals surface area contributed by atoms with Crippen LogP contribution in [0.25, 0.3) is 16.9 Å². The van der Waals surface area contributed by atoms with E-state index in [1.165, 1.54) is 5.56 Å². The lowest BCUT2D eigenvalue weighted by Gasteiger charge is -2.35. The molecule has 162 valence electrons. The fourth-order valence-electron chi connectivity index (χ4n) is 4.15. The number of para-hydroxylation sites is 1. The molecule has 1 aliphatic rings. The Labute approximate surface area is 188 Å². The molecule has 5 rings (SSSR count). The SMILES string of the molecule is COc1ccc(-c2nn(-c3ccccc3)cc2CN2CCN(c3ccccn3)CC2)cc1. The standard InChI is InChI=1S/C26H27N5O/c1-32-24-12-10-21(11-13-24)26-22(20-31(28-26)23-7-3-2-4-8-23)19-29-15-17-30(18-16-29)25-9-5-6-14-27-25/h2-14,20H,15-19H2,1H3. The summed E-state index contributed by atoms with van der Waals surface area (Å²) in [5.41, 5.74) is 4.41. The molecule has 0 atom stereocenters. The van der Waals surface area contributed by atoms with E-state index in [4.69, 9.17) is 9.84 Å². The molecule has 3 heterocycles. The molecular weight excluding hydrogens is 398 g/mol. The summed E-state index contributed by atoms with van der Waals surface area (Å²) in [6, 6.07) is 24.5. The minimum absolute atomic E-state index is 0.850. The molecule has 0 spiro atoms. The van der Waals surface area contributed by atoms with Gasteiger partial charge in [0.25, 0.3) is 0 Å². The number of aromatic nitrogens is 3. The summed E-state index contributed by atoms with van der Waals surface area (Å²) in [7, 11) is 1.69. The van der Waals surface area contributed by atoms with E-state index in [9.17, 15) is 0 Å². The summed E-state index contributed by atoms with van der Waals surface area (Å²) in [6.45, 7) is 4.80. The molecule has 0 N–H and O–H groups in total. The van der Waals surface area contributed by atoms with Gasteiger partial charge in [-0.15, -0.1) is 0 Å². The number of benzene rings is 2. The summed E-state index contributed by atoms with van der Waals surface area (Å²) in [4.78, 5) is 9.35. The number of pyridine rings is 1. The molecule has 6 nitrogen and oxygen atoms in total. The van der Waals surface area contributed by atoms with Crippen LogP contribution in [0, 0.1) is 0 Å². The molecule has 1 saturated heterocycles. The number of hydrogen-bond donors (Lipinski definition) is 0. The van der Waals surface area contributed by atoms with E-state index in [1.807, 2.05) is 53.3 Å². The largest absolute Gasteiger partial charge is 0.497 e. The predicted octanol–water partition coefficient (Wildman–Crippen LogP) is 4.27. The number of methoxy groups -OCH3 is 1. The Morgan fingerprint density at radius 1 is 0.844 bits per heavy atom. The van der Waals surface area contributed by atoms with Gasteiger partial charge in [0.05, 0.1) is 18.5 Å². The van der Waals surface area contributed by atoms with Gasteiger partial charge >= 0.3 is 0 Å². The van der Waals surface area contributed by atoms with Crippen LogP contribution < -0.4 is 9.64 Å². The van der Waals surface area contributed by atoms with Crippen LogP contribution in [-0.4, -0.2) is 53.0 Å². The minimum atomic E-state index is 0.850. The Morgan fingerprint density at radius 2 is 1.59 bits per heavy atom. The summed E-state index contributed by atoms with van der Waals surface area (Å²) >= 11 is 0. The van der Waals surface area contributed by atoms with Crippen LogP contribution in [0.15, 0.2) is 85.2 Å². The van der Waals surface area contributed by atoms with E-state index in [2.05, 4.69) is 51.3 Å². The molecule has 1 fully saturated rings. The molecule has 0 radical (unpaired) electrons. The quantitative estimate of drug-likeness (QED) is 0.462. The Morgan fingerprint density at radius 3 is 2.28 bits per heavy atom. The molecule has 0 bridgehead atoms. The van der Waals surface area contributed by atoms with Crippen molar-refractivity contribution < 1.29 is 4.74 Å². The lowest BCUT2D eigenvalue weighted by atomic mass is 10.1. The maximum Gasteiger partial charge on any atom is 0.128 e. The molecule has 6 heteroatoms. The molecule has 4 aromatic rings. The third-order valence-electron chi connectivity index (χ3n) is 5.91. The number of hydrogen-bond acceptors (Lipinski definition) is 5. The van der Waals surface area contributed by atoms with Gasteiger partial charge < -0.3 is 9.64 Å². The highest BCUT2D eigenvalue weighted by Gasteiger charge is 2.21. The second-order valence-electron chi connectivity index (χ2n) is 7.96. The van der Waals surface area contributed by atoms with Crippen molar-refractivity contribution in [1.29, 1.82) is 0 Å². The highest BCUT2D eigenvalue weighted by Crippen LogP contribution is 2.27. The molecule has 1 aliphatic heterocycles. The highest BCUT2D eigenvalue weighted by molar-refractivity contribution is 5.64.